The molecule has 2 atom stereocenters. The first-order valence-electron chi connectivity index (χ1n) is 10.9. The molecule has 0 aromatic carbocycles. The summed E-state index contributed by atoms with van der Waals surface area (Å²) >= 11 is 0. The Hall–Kier alpha value is -1.73. The molecule has 3 saturated heterocycles. The lowest BCUT2D eigenvalue weighted by Crippen LogP contribution is -2.54. The highest BCUT2D eigenvalue weighted by molar-refractivity contribution is 5.78. The van der Waals surface area contributed by atoms with Crippen molar-refractivity contribution in [3.63, 3.8) is 0 Å². The molecule has 7 nitrogen and oxygen atoms in total. The normalized spacial score (nSPS) is 26.3. The number of likely N-dealkylation sites (tertiary alicyclic amines) is 1. The second-order valence-electron chi connectivity index (χ2n) is 8.79. The van der Waals surface area contributed by atoms with Crippen LogP contribution in [0, 0.1) is 5.92 Å². The molecule has 7 heteroatoms. The molecule has 0 radical (unpaired) electrons. The third-order valence-corrected chi connectivity index (χ3v) is 6.51. The number of nitrogens with zero attached hydrogens (tertiary/aromatic N) is 6. The van der Waals surface area contributed by atoms with E-state index >= 15 is 0 Å². The molecule has 4 heterocycles. The second kappa shape index (κ2) is 8.33. The topological polar surface area (TPSA) is 55.8 Å². The van der Waals surface area contributed by atoms with Crippen molar-refractivity contribution in [1.29, 1.82) is 0 Å². The Labute approximate surface area is 168 Å². The lowest BCUT2D eigenvalue weighted by atomic mass is 10.1. The van der Waals surface area contributed by atoms with Crippen molar-refractivity contribution in [3.8, 4) is 0 Å². The summed E-state index contributed by atoms with van der Waals surface area (Å²) in [5, 5.41) is 0. The van der Waals surface area contributed by atoms with Crippen LogP contribution >= 0.6 is 0 Å². The van der Waals surface area contributed by atoms with Crippen LogP contribution in [0.1, 0.15) is 39.2 Å². The van der Waals surface area contributed by atoms with Gasteiger partial charge < -0.3 is 9.80 Å². The van der Waals surface area contributed by atoms with Crippen LogP contribution in [0.25, 0.3) is 0 Å². The van der Waals surface area contributed by atoms with Crippen molar-refractivity contribution < 1.29 is 4.79 Å². The fourth-order valence-electron chi connectivity index (χ4n) is 4.89. The van der Waals surface area contributed by atoms with Crippen molar-refractivity contribution in [2.75, 3.05) is 50.7 Å². The quantitative estimate of drug-likeness (QED) is 0.764. The zero-order valence-corrected chi connectivity index (χ0v) is 17.5. The number of likely N-dealkylation sites (N-methyl/N-ethyl adjacent to an activating group) is 1. The lowest BCUT2D eigenvalue weighted by molar-refractivity contribution is -0.136. The van der Waals surface area contributed by atoms with E-state index in [1.807, 2.05) is 31.1 Å². The monoisotopic (exact) mass is 386 g/mol. The molecule has 0 spiro atoms. The predicted molar refractivity (Wildman–Crippen MR) is 110 cm³/mol. The molecule has 1 amide bonds. The molecule has 154 valence electrons. The van der Waals surface area contributed by atoms with E-state index in [9.17, 15) is 4.79 Å². The number of aromatic nitrogens is 2. The minimum atomic E-state index is 0.0852. The van der Waals surface area contributed by atoms with Gasteiger partial charge in [-0.1, -0.05) is 20.8 Å². The van der Waals surface area contributed by atoms with Gasteiger partial charge in [-0.3, -0.25) is 14.6 Å². The molecular weight excluding hydrogens is 352 g/mol. The SMILES string of the molecule is CCN1CC2CCC(C1)N2c1ncc(CN2CCN(C(=O)C(C)C)CC2)cn1. The summed E-state index contributed by atoms with van der Waals surface area (Å²) in [6.45, 7) is 13.9. The van der Waals surface area contributed by atoms with Gasteiger partial charge in [0.1, 0.15) is 0 Å². The predicted octanol–water partition coefficient (Wildman–Crippen LogP) is 1.45. The van der Waals surface area contributed by atoms with E-state index < -0.39 is 0 Å². The van der Waals surface area contributed by atoms with Gasteiger partial charge in [-0.2, -0.15) is 0 Å². The first-order valence-corrected chi connectivity index (χ1v) is 10.9. The van der Waals surface area contributed by atoms with Gasteiger partial charge in [0.25, 0.3) is 0 Å². The van der Waals surface area contributed by atoms with E-state index in [1.54, 1.807) is 0 Å². The number of rotatable bonds is 5. The number of hydrogen-bond acceptors (Lipinski definition) is 6. The van der Waals surface area contributed by atoms with Crippen LogP contribution in [0.3, 0.4) is 0 Å². The Morgan fingerprint density at radius 2 is 1.64 bits per heavy atom. The fourth-order valence-corrected chi connectivity index (χ4v) is 4.89. The van der Waals surface area contributed by atoms with Crippen molar-refractivity contribution in [3.05, 3.63) is 18.0 Å². The average Bonchev–Trinajstić information content (AvgIpc) is 2.98. The molecule has 3 aliphatic rings. The summed E-state index contributed by atoms with van der Waals surface area (Å²) < 4.78 is 0. The van der Waals surface area contributed by atoms with Gasteiger partial charge in [0.2, 0.25) is 11.9 Å². The highest BCUT2D eigenvalue weighted by Crippen LogP contribution is 2.32. The van der Waals surface area contributed by atoms with Crippen LogP contribution in [-0.2, 0) is 11.3 Å². The Kier molecular flexibility index (Phi) is 5.83. The van der Waals surface area contributed by atoms with E-state index in [-0.39, 0.29) is 11.8 Å². The number of amides is 1. The number of anilines is 1. The van der Waals surface area contributed by atoms with Gasteiger partial charge in [0.05, 0.1) is 0 Å². The summed E-state index contributed by atoms with van der Waals surface area (Å²) in [7, 11) is 0. The van der Waals surface area contributed by atoms with Crippen molar-refractivity contribution in [1.82, 2.24) is 24.7 Å². The van der Waals surface area contributed by atoms with Crippen LogP contribution < -0.4 is 4.90 Å². The van der Waals surface area contributed by atoms with Crippen molar-refractivity contribution in [2.45, 2.75) is 52.2 Å². The maximum absolute atomic E-state index is 12.1. The number of piperazine rings is 2. The van der Waals surface area contributed by atoms with E-state index in [1.165, 1.54) is 12.8 Å². The highest BCUT2D eigenvalue weighted by Gasteiger charge is 2.40. The molecule has 4 rings (SSSR count). The maximum atomic E-state index is 12.1. The Morgan fingerprint density at radius 3 is 2.18 bits per heavy atom. The van der Waals surface area contributed by atoms with E-state index in [0.717, 1.165) is 63.9 Å². The first-order chi connectivity index (χ1) is 13.5. The minimum Gasteiger partial charge on any atom is -0.340 e. The third-order valence-electron chi connectivity index (χ3n) is 6.51. The molecule has 0 aliphatic carbocycles. The molecule has 0 N–H and O–H groups in total. The van der Waals surface area contributed by atoms with Gasteiger partial charge >= 0.3 is 0 Å². The number of hydrogen-bond donors (Lipinski definition) is 0. The molecule has 3 fully saturated rings. The largest absolute Gasteiger partial charge is 0.340 e. The molecular formula is C21H34N6O. The zero-order chi connectivity index (χ0) is 19.7. The summed E-state index contributed by atoms with van der Waals surface area (Å²) in [6.07, 6.45) is 6.51. The van der Waals surface area contributed by atoms with Gasteiger partial charge in [-0.25, -0.2) is 9.97 Å². The van der Waals surface area contributed by atoms with E-state index in [0.29, 0.717) is 12.1 Å². The zero-order valence-electron chi connectivity index (χ0n) is 17.5. The molecule has 1 aromatic rings. The van der Waals surface area contributed by atoms with Crippen molar-refractivity contribution >= 4 is 11.9 Å². The summed E-state index contributed by atoms with van der Waals surface area (Å²) in [5.41, 5.74) is 1.16. The molecule has 0 saturated carbocycles. The fraction of sp³-hybridized carbons (Fsp3) is 0.762. The lowest BCUT2D eigenvalue weighted by Gasteiger charge is -2.40. The Bertz CT molecular complexity index is 656. The number of carbonyl (C=O) groups is 1. The number of carbonyl (C=O) groups excluding carboxylic acids is 1. The molecule has 28 heavy (non-hydrogen) atoms. The molecule has 2 bridgehead atoms. The highest BCUT2D eigenvalue weighted by atomic mass is 16.2. The number of fused-ring (bicyclic) bond motifs is 2. The third kappa shape index (κ3) is 4.01. The molecule has 1 aromatic heterocycles. The first kappa shape index (κ1) is 19.6. The van der Waals surface area contributed by atoms with Gasteiger partial charge in [-0.05, 0) is 19.4 Å². The van der Waals surface area contributed by atoms with Crippen LogP contribution in [0.4, 0.5) is 5.95 Å². The Balaban J connectivity index is 1.32. The van der Waals surface area contributed by atoms with E-state index in [4.69, 9.17) is 9.97 Å². The average molecular weight is 387 g/mol. The van der Waals surface area contributed by atoms with Crippen LogP contribution in [0.2, 0.25) is 0 Å². The van der Waals surface area contributed by atoms with Crippen LogP contribution in [0.15, 0.2) is 12.4 Å². The second-order valence-corrected chi connectivity index (χ2v) is 8.79. The van der Waals surface area contributed by atoms with Crippen LogP contribution in [-0.4, -0.2) is 88.5 Å². The van der Waals surface area contributed by atoms with Gasteiger partial charge in [-0.15, -0.1) is 0 Å². The smallest absolute Gasteiger partial charge is 0.225 e. The summed E-state index contributed by atoms with van der Waals surface area (Å²) in [6, 6.07) is 1.13. The summed E-state index contributed by atoms with van der Waals surface area (Å²) in [4.78, 5) is 31.0. The van der Waals surface area contributed by atoms with E-state index in [2.05, 4.69) is 21.6 Å². The Morgan fingerprint density at radius 1 is 1.04 bits per heavy atom. The molecule has 3 aliphatic heterocycles. The standard InChI is InChI=1S/C21H34N6O/c1-4-24-14-18-5-6-19(15-24)27(18)21-22-11-17(12-23-21)13-25-7-9-26(10-8-25)20(28)16(2)3/h11-12,16,18-19H,4-10,13-15H2,1-3H3. The van der Waals surface area contributed by atoms with Gasteiger partial charge in [0, 0.05) is 81.8 Å². The van der Waals surface area contributed by atoms with Crippen molar-refractivity contribution in [2.24, 2.45) is 5.92 Å². The summed E-state index contributed by atoms with van der Waals surface area (Å²) in [5.74, 6) is 1.26. The molecule has 2 unspecified atom stereocenters. The minimum absolute atomic E-state index is 0.0852. The maximum Gasteiger partial charge on any atom is 0.225 e. The van der Waals surface area contributed by atoms with Gasteiger partial charge in [0.15, 0.2) is 0 Å². The van der Waals surface area contributed by atoms with Crippen LogP contribution in [0.5, 0.6) is 0 Å².